The summed E-state index contributed by atoms with van der Waals surface area (Å²) in [6.07, 6.45) is 10.0. The van der Waals surface area contributed by atoms with Crippen LogP contribution in [0.15, 0.2) is 0 Å². The van der Waals surface area contributed by atoms with Gasteiger partial charge in [-0.25, -0.2) is 0 Å². The smallest absolute Gasteiger partial charge is 0.0355 e. The molecule has 0 heteroatoms. The largest absolute Gasteiger partial charge is 0.0502 e. The predicted molar refractivity (Wildman–Crippen MR) is 34.4 cm³/mol. The van der Waals surface area contributed by atoms with E-state index in [1.807, 2.05) is 0 Å². The SMILES string of the molecule is [CH]1CCC2CCC1C2. The monoisotopic (exact) mass is 109 g/mol. The van der Waals surface area contributed by atoms with Gasteiger partial charge in [0.15, 0.2) is 0 Å². The minimum absolute atomic E-state index is 1.04. The molecule has 2 unspecified atom stereocenters. The molecule has 0 spiro atoms. The molecule has 2 aliphatic rings. The zero-order valence-corrected chi connectivity index (χ0v) is 5.27. The van der Waals surface area contributed by atoms with Crippen molar-refractivity contribution in [3.8, 4) is 0 Å². The van der Waals surface area contributed by atoms with Crippen molar-refractivity contribution in [1.29, 1.82) is 0 Å². The maximum absolute atomic E-state index is 2.53. The molecule has 2 rings (SSSR count). The lowest BCUT2D eigenvalue weighted by Crippen LogP contribution is -2.04. The van der Waals surface area contributed by atoms with E-state index in [1.54, 1.807) is 0 Å². The van der Waals surface area contributed by atoms with Crippen LogP contribution >= 0.6 is 0 Å². The van der Waals surface area contributed by atoms with Gasteiger partial charge in [0.2, 0.25) is 0 Å². The molecule has 0 heterocycles. The first-order chi connectivity index (χ1) is 3.95. The van der Waals surface area contributed by atoms with E-state index in [-0.39, 0.29) is 0 Å². The fourth-order valence-electron chi connectivity index (χ4n) is 2.16. The summed E-state index contributed by atoms with van der Waals surface area (Å²) < 4.78 is 0. The molecule has 1 radical (unpaired) electrons. The van der Waals surface area contributed by atoms with Crippen LogP contribution in [0.5, 0.6) is 0 Å². The van der Waals surface area contributed by atoms with Crippen LogP contribution in [0.3, 0.4) is 0 Å². The van der Waals surface area contributed by atoms with Crippen molar-refractivity contribution in [1.82, 2.24) is 0 Å². The normalized spacial score (nSPS) is 45.0. The Morgan fingerprint density at radius 1 is 1.12 bits per heavy atom. The van der Waals surface area contributed by atoms with E-state index in [9.17, 15) is 0 Å². The molecule has 8 heavy (non-hydrogen) atoms. The Labute approximate surface area is 51.3 Å². The predicted octanol–water partition coefficient (Wildman–Crippen LogP) is 2.40. The van der Waals surface area contributed by atoms with Crippen LogP contribution in [0.4, 0.5) is 0 Å². The van der Waals surface area contributed by atoms with Gasteiger partial charge in [-0.05, 0) is 37.5 Å². The molecule has 0 amide bonds. The molecule has 45 valence electrons. The molecule has 2 atom stereocenters. The van der Waals surface area contributed by atoms with Crippen LogP contribution in [0, 0.1) is 18.3 Å². The molecule has 0 saturated heterocycles. The molecule has 2 fully saturated rings. The lowest BCUT2D eigenvalue weighted by atomic mass is 9.89. The van der Waals surface area contributed by atoms with Crippen LogP contribution in [0.25, 0.3) is 0 Å². The second-order valence-electron chi connectivity index (χ2n) is 3.25. The third-order valence-corrected chi connectivity index (χ3v) is 2.66. The van der Waals surface area contributed by atoms with Gasteiger partial charge in [0.05, 0.1) is 0 Å². The fraction of sp³-hybridized carbons (Fsp3) is 0.875. The third kappa shape index (κ3) is 0.667. The van der Waals surface area contributed by atoms with Crippen LogP contribution in [0.2, 0.25) is 0 Å². The Kier molecular flexibility index (Phi) is 1.06. The summed E-state index contributed by atoms with van der Waals surface area (Å²) in [6.45, 7) is 0. The quantitative estimate of drug-likeness (QED) is 0.448. The minimum atomic E-state index is 1.04. The fourth-order valence-corrected chi connectivity index (χ4v) is 2.16. The lowest BCUT2D eigenvalue weighted by molar-refractivity contribution is 0.428. The highest BCUT2D eigenvalue weighted by molar-refractivity contribution is 4.90. The number of rotatable bonds is 0. The van der Waals surface area contributed by atoms with Crippen molar-refractivity contribution in [2.24, 2.45) is 11.8 Å². The van der Waals surface area contributed by atoms with Gasteiger partial charge in [-0.2, -0.15) is 0 Å². The molecule has 0 aromatic carbocycles. The van der Waals surface area contributed by atoms with Crippen molar-refractivity contribution in [3.05, 3.63) is 6.42 Å². The lowest BCUT2D eigenvalue weighted by Gasteiger charge is -2.16. The van der Waals surface area contributed by atoms with Gasteiger partial charge in [-0.15, -0.1) is 0 Å². The number of hydrogen-bond donors (Lipinski definition) is 0. The summed E-state index contributed by atoms with van der Waals surface area (Å²) in [5.41, 5.74) is 0. The standard InChI is InChI=1S/C8H13/c1-2-7-4-5-8(3-1)6-7/h2,7-8H,1,3-6H2. The molecular formula is C8H13. The van der Waals surface area contributed by atoms with Crippen molar-refractivity contribution < 1.29 is 0 Å². The van der Waals surface area contributed by atoms with Crippen LogP contribution in [0.1, 0.15) is 32.1 Å². The number of fused-ring (bicyclic) bond motifs is 2. The summed E-state index contributed by atoms with van der Waals surface area (Å²) in [6, 6.07) is 0. The zero-order chi connectivity index (χ0) is 5.40. The van der Waals surface area contributed by atoms with Crippen molar-refractivity contribution in [2.75, 3.05) is 0 Å². The first-order valence-electron chi connectivity index (χ1n) is 3.78. The summed E-state index contributed by atoms with van der Waals surface area (Å²) in [4.78, 5) is 0. The highest BCUT2D eigenvalue weighted by Gasteiger charge is 2.27. The molecule has 0 aromatic rings. The zero-order valence-electron chi connectivity index (χ0n) is 5.27. The van der Waals surface area contributed by atoms with Gasteiger partial charge in [0.1, 0.15) is 0 Å². The molecule has 2 bridgehead atoms. The molecule has 2 saturated carbocycles. The van der Waals surface area contributed by atoms with E-state index in [2.05, 4.69) is 6.42 Å². The third-order valence-electron chi connectivity index (χ3n) is 2.66. The second kappa shape index (κ2) is 1.75. The Morgan fingerprint density at radius 3 is 2.88 bits per heavy atom. The van der Waals surface area contributed by atoms with Crippen LogP contribution in [-0.2, 0) is 0 Å². The number of hydrogen-bond acceptors (Lipinski definition) is 0. The molecule has 0 aromatic heterocycles. The maximum atomic E-state index is 2.53. The Bertz CT molecular complexity index is 72.0. The molecule has 0 nitrogen and oxygen atoms in total. The Balaban J connectivity index is 2.03. The van der Waals surface area contributed by atoms with E-state index < -0.39 is 0 Å². The average Bonchev–Trinajstić information content (AvgIpc) is 2.12. The highest BCUT2D eigenvalue weighted by atomic mass is 14.3. The highest BCUT2D eigenvalue weighted by Crippen LogP contribution is 2.40. The van der Waals surface area contributed by atoms with Gasteiger partial charge in [0, 0.05) is 0 Å². The van der Waals surface area contributed by atoms with Crippen molar-refractivity contribution in [3.63, 3.8) is 0 Å². The summed E-state index contributed by atoms with van der Waals surface area (Å²) in [5, 5.41) is 0. The van der Waals surface area contributed by atoms with Gasteiger partial charge in [-0.3, -0.25) is 0 Å². The Morgan fingerprint density at radius 2 is 2.12 bits per heavy atom. The van der Waals surface area contributed by atoms with E-state index in [4.69, 9.17) is 0 Å². The summed E-state index contributed by atoms with van der Waals surface area (Å²) in [7, 11) is 0. The Hall–Kier alpha value is 0. The van der Waals surface area contributed by atoms with Gasteiger partial charge >= 0.3 is 0 Å². The van der Waals surface area contributed by atoms with Crippen molar-refractivity contribution in [2.45, 2.75) is 32.1 Å². The van der Waals surface area contributed by atoms with Crippen LogP contribution in [-0.4, -0.2) is 0 Å². The van der Waals surface area contributed by atoms with Gasteiger partial charge in [0.25, 0.3) is 0 Å². The van der Waals surface area contributed by atoms with E-state index in [0.29, 0.717) is 0 Å². The van der Waals surface area contributed by atoms with Crippen LogP contribution < -0.4 is 0 Å². The van der Waals surface area contributed by atoms with Gasteiger partial charge in [-0.1, -0.05) is 12.8 Å². The first kappa shape index (κ1) is 4.84. The molecule has 2 aliphatic carbocycles. The minimum Gasteiger partial charge on any atom is -0.0502 e. The van der Waals surface area contributed by atoms with E-state index in [0.717, 1.165) is 11.8 Å². The van der Waals surface area contributed by atoms with E-state index >= 15 is 0 Å². The first-order valence-corrected chi connectivity index (χ1v) is 3.78. The molecule has 0 N–H and O–H groups in total. The second-order valence-corrected chi connectivity index (χ2v) is 3.25. The maximum Gasteiger partial charge on any atom is -0.0355 e. The van der Waals surface area contributed by atoms with Gasteiger partial charge < -0.3 is 0 Å². The topological polar surface area (TPSA) is 0 Å². The van der Waals surface area contributed by atoms with E-state index in [1.165, 1.54) is 32.1 Å². The average molecular weight is 109 g/mol. The summed E-state index contributed by atoms with van der Waals surface area (Å²) >= 11 is 0. The summed E-state index contributed by atoms with van der Waals surface area (Å²) in [5.74, 6) is 2.17. The molecule has 0 aliphatic heterocycles. The molecular weight excluding hydrogens is 96.1 g/mol. The van der Waals surface area contributed by atoms with Crippen molar-refractivity contribution >= 4 is 0 Å².